The van der Waals surface area contributed by atoms with Crippen LogP contribution in [0.25, 0.3) is 0 Å². The van der Waals surface area contributed by atoms with Gasteiger partial charge in [-0.1, -0.05) is 24.3 Å². The molecule has 1 N–H and O–H groups in total. The summed E-state index contributed by atoms with van der Waals surface area (Å²) in [7, 11) is 0. The monoisotopic (exact) mass is 344 g/mol. The summed E-state index contributed by atoms with van der Waals surface area (Å²) in [5.74, 6) is 0.575. The van der Waals surface area contributed by atoms with Crippen LogP contribution in [-0.2, 0) is 10.3 Å². The van der Waals surface area contributed by atoms with E-state index in [2.05, 4.69) is 5.32 Å². The van der Waals surface area contributed by atoms with E-state index in [0.29, 0.717) is 0 Å². The first-order chi connectivity index (χ1) is 11.4. The third kappa shape index (κ3) is 2.78. The van der Waals surface area contributed by atoms with E-state index in [0.717, 1.165) is 21.8 Å². The number of nitrogens with zero attached hydrogens (tertiary/aromatic N) is 1. The second-order valence-electron chi connectivity index (χ2n) is 6.06. The molecule has 1 aliphatic heterocycles. The molecule has 3 amide bonds. The third-order valence-corrected chi connectivity index (χ3v) is 5.35. The minimum absolute atomic E-state index is 0.222. The Labute approximate surface area is 145 Å². The van der Waals surface area contributed by atoms with Crippen molar-refractivity contribution in [1.29, 1.82) is 0 Å². The predicted molar refractivity (Wildman–Crippen MR) is 93.3 cm³/mol. The lowest BCUT2D eigenvalue weighted by Gasteiger charge is -2.20. The topological polar surface area (TPSA) is 58.6 Å². The number of hydrogen-bond acceptors (Lipinski definition) is 4. The number of aryl methyl sites for hydroxylation is 2. The maximum Gasteiger partial charge on any atom is 0.325 e. The highest BCUT2D eigenvalue weighted by Crippen LogP contribution is 2.31. The number of carbonyl (C=O) groups is 2. The fourth-order valence-corrected chi connectivity index (χ4v) is 3.73. The molecule has 2 heterocycles. The number of amides is 3. The van der Waals surface area contributed by atoms with E-state index < -0.39 is 5.54 Å². The van der Waals surface area contributed by atoms with E-state index in [4.69, 9.17) is 4.74 Å². The van der Waals surface area contributed by atoms with Gasteiger partial charge in [-0.2, -0.15) is 0 Å². The number of ether oxygens (including phenoxy) is 1. The van der Waals surface area contributed by atoms with Crippen LogP contribution in [0.3, 0.4) is 0 Å². The van der Waals surface area contributed by atoms with Gasteiger partial charge in [0.05, 0.1) is 6.54 Å². The van der Waals surface area contributed by atoms with Crippen molar-refractivity contribution < 1.29 is 14.3 Å². The summed E-state index contributed by atoms with van der Waals surface area (Å²) >= 11 is 1.46. The molecule has 24 heavy (non-hydrogen) atoms. The summed E-state index contributed by atoms with van der Waals surface area (Å²) in [6, 6.07) is 9.28. The van der Waals surface area contributed by atoms with E-state index in [1.165, 1.54) is 16.2 Å². The molecule has 0 bridgehead atoms. The van der Waals surface area contributed by atoms with Gasteiger partial charge in [-0.05, 0) is 43.3 Å². The second kappa shape index (κ2) is 6.28. The van der Waals surface area contributed by atoms with Gasteiger partial charge in [-0.3, -0.25) is 9.69 Å². The Morgan fingerprint density at radius 3 is 2.50 bits per heavy atom. The van der Waals surface area contributed by atoms with Crippen LogP contribution in [0.1, 0.15) is 22.9 Å². The molecule has 0 spiro atoms. The van der Waals surface area contributed by atoms with Gasteiger partial charge in [-0.25, -0.2) is 4.79 Å². The first kappa shape index (κ1) is 16.5. The largest absolute Gasteiger partial charge is 0.491 e. The molecule has 126 valence electrons. The average Bonchev–Trinajstić information content (AvgIpc) is 3.14. The predicted octanol–water partition coefficient (Wildman–Crippen LogP) is 3.21. The van der Waals surface area contributed by atoms with Crippen LogP contribution >= 0.6 is 11.3 Å². The number of hydrogen-bond donors (Lipinski definition) is 1. The fraction of sp³-hybridized carbons (Fsp3) is 0.333. The van der Waals surface area contributed by atoms with Crippen LogP contribution in [0.4, 0.5) is 4.79 Å². The van der Waals surface area contributed by atoms with Crippen LogP contribution in [0.2, 0.25) is 0 Å². The standard InChI is InChI=1S/C18H20N2O3S/c1-12-6-4-7-13(2)15(12)23-10-9-20-16(21)18(3,19-17(20)22)14-8-5-11-24-14/h4-8,11H,9-10H2,1-3H3,(H,19,22). The summed E-state index contributed by atoms with van der Waals surface area (Å²) in [4.78, 5) is 27.0. The molecule has 1 fully saturated rings. The molecule has 0 saturated carbocycles. The lowest BCUT2D eigenvalue weighted by Crippen LogP contribution is -2.40. The SMILES string of the molecule is Cc1cccc(C)c1OCCN1C(=O)NC(C)(c2cccs2)C1=O. The molecule has 1 unspecified atom stereocenters. The Bertz CT molecular complexity index is 752. The van der Waals surface area contributed by atoms with Crippen LogP contribution in [0, 0.1) is 13.8 Å². The van der Waals surface area contributed by atoms with Crippen molar-refractivity contribution in [1.82, 2.24) is 10.2 Å². The molecule has 1 aromatic carbocycles. The van der Waals surface area contributed by atoms with Crippen molar-refractivity contribution in [3.63, 3.8) is 0 Å². The number of rotatable bonds is 5. The molecule has 1 aromatic heterocycles. The maximum atomic E-state index is 12.7. The molecule has 1 aliphatic rings. The smallest absolute Gasteiger partial charge is 0.325 e. The lowest BCUT2D eigenvalue weighted by molar-refractivity contribution is -0.131. The zero-order valence-corrected chi connectivity index (χ0v) is 14.8. The highest BCUT2D eigenvalue weighted by atomic mass is 32.1. The number of carbonyl (C=O) groups excluding carboxylic acids is 2. The van der Waals surface area contributed by atoms with E-state index in [1.807, 2.05) is 49.6 Å². The van der Waals surface area contributed by atoms with Crippen molar-refractivity contribution in [2.45, 2.75) is 26.3 Å². The molecular weight excluding hydrogens is 324 g/mol. The molecule has 0 radical (unpaired) electrons. The van der Waals surface area contributed by atoms with Gasteiger partial charge >= 0.3 is 6.03 Å². The van der Waals surface area contributed by atoms with Crippen molar-refractivity contribution in [2.75, 3.05) is 13.2 Å². The Kier molecular flexibility index (Phi) is 4.32. The molecule has 6 heteroatoms. The average molecular weight is 344 g/mol. The number of para-hydroxylation sites is 1. The maximum absolute atomic E-state index is 12.7. The minimum atomic E-state index is -0.982. The molecule has 2 aromatic rings. The summed E-state index contributed by atoms with van der Waals surface area (Å²) in [6.07, 6.45) is 0. The first-order valence-electron chi connectivity index (χ1n) is 7.80. The molecule has 1 saturated heterocycles. The number of imide groups is 1. The fourth-order valence-electron chi connectivity index (χ4n) is 2.90. The number of nitrogens with one attached hydrogen (secondary N) is 1. The molecule has 3 rings (SSSR count). The normalized spacial score (nSPS) is 20.4. The Morgan fingerprint density at radius 2 is 1.88 bits per heavy atom. The lowest BCUT2D eigenvalue weighted by atomic mass is 10.0. The number of thiophene rings is 1. The third-order valence-electron chi connectivity index (χ3n) is 4.26. The van der Waals surface area contributed by atoms with Gasteiger partial charge in [0.2, 0.25) is 0 Å². The Morgan fingerprint density at radius 1 is 1.17 bits per heavy atom. The summed E-state index contributed by atoms with van der Waals surface area (Å²) < 4.78 is 5.81. The molecular formula is C18H20N2O3S. The quantitative estimate of drug-likeness (QED) is 0.847. The van der Waals surface area contributed by atoms with Crippen LogP contribution in [0.5, 0.6) is 5.75 Å². The summed E-state index contributed by atoms with van der Waals surface area (Å²) in [6.45, 7) is 6.18. The molecule has 0 aliphatic carbocycles. The zero-order valence-electron chi connectivity index (χ0n) is 14.0. The van der Waals surface area contributed by atoms with Crippen LogP contribution < -0.4 is 10.1 Å². The highest BCUT2D eigenvalue weighted by Gasteiger charge is 2.49. The van der Waals surface area contributed by atoms with E-state index >= 15 is 0 Å². The Hall–Kier alpha value is -2.34. The molecule has 5 nitrogen and oxygen atoms in total. The van der Waals surface area contributed by atoms with Crippen molar-refractivity contribution in [3.05, 3.63) is 51.7 Å². The van der Waals surface area contributed by atoms with Crippen LogP contribution in [-0.4, -0.2) is 30.0 Å². The highest BCUT2D eigenvalue weighted by molar-refractivity contribution is 7.10. The van der Waals surface area contributed by atoms with Crippen molar-refractivity contribution in [2.24, 2.45) is 0 Å². The van der Waals surface area contributed by atoms with Gasteiger partial charge in [0.25, 0.3) is 5.91 Å². The van der Waals surface area contributed by atoms with Crippen LogP contribution in [0.15, 0.2) is 35.7 Å². The van der Waals surface area contributed by atoms with Gasteiger partial charge in [0.1, 0.15) is 12.4 Å². The minimum Gasteiger partial charge on any atom is -0.491 e. The van der Waals surface area contributed by atoms with Gasteiger partial charge in [0.15, 0.2) is 5.54 Å². The second-order valence-corrected chi connectivity index (χ2v) is 7.01. The number of urea groups is 1. The van der Waals surface area contributed by atoms with E-state index in [1.54, 1.807) is 6.92 Å². The van der Waals surface area contributed by atoms with Gasteiger partial charge < -0.3 is 10.1 Å². The van der Waals surface area contributed by atoms with Gasteiger partial charge in [-0.15, -0.1) is 11.3 Å². The summed E-state index contributed by atoms with van der Waals surface area (Å²) in [5, 5.41) is 4.69. The zero-order chi connectivity index (χ0) is 17.3. The first-order valence-corrected chi connectivity index (χ1v) is 8.68. The van der Waals surface area contributed by atoms with Gasteiger partial charge in [0, 0.05) is 4.88 Å². The van der Waals surface area contributed by atoms with E-state index in [-0.39, 0.29) is 25.1 Å². The molecule has 1 atom stereocenters. The Balaban J connectivity index is 1.68. The van der Waals surface area contributed by atoms with Crippen molar-refractivity contribution >= 4 is 23.3 Å². The van der Waals surface area contributed by atoms with Crippen molar-refractivity contribution in [3.8, 4) is 5.75 Å². The summed E-state index contributed by atoms with van der Waals surface area (Å²) in [5.41, 5.74) is 1.09. The number of benzene rings is 1. The van der Waals surface area contributed by atoms with E-state index in [9.17, 15) is 9.59 Å².